The van der Waals surface area contributed by atoms with Crippen LogP contribution in [-0.2, 0) is 13.0 Å². The quantitative estimate of drug-likeness (QED) is 0.737. The maximum atomic E-state index is 5.86. The summed E-state index contributed by atoms with van der Waals surface area (Å²) >= 11 is 0. The Morgan fingerprint density at radius 2 is 1.92 bits per heavy atom. The lowest BCUT2D eigenvalue weighted by molar-refractivity contribution is 0.454. The van der Waals surface area contributed by atoms with Crippen molar-refractivity contribution in [3.63, 3.8) is 0 Å². The van der Waals surface area contributed by atoms with E-state index in [1.807, 2.05) is 44.3 Å². The van der Waals surface area contributed by atoms with Crippen LogP contribution in [-0.4, -0.2) is 19.9 Å². The molecule has 0 aromatic carbocycles. The van der Waals surface area contributed by atoms with Crippen molar-refractivity contribution < 1.29 is 4.74 Å². The molecule has 6 heteroatoms. The van der Waals surface area contributed by atoms with Gasteiger partial charge in [0, 0.05) is 35.9 Å². The van der Waals surface area contributed by atoms with Crippen molar-refractivity contribution in [1.29, 1.82) is 0 Å². The zero-order chi connectivity index (χ0) is 17.6. The van der Waals surface area contributed by atoms with E-state index in [0.717, 1.165) is 28.9 Å². The Balaban J connectivity index is 1.73. The second-order valence-electron chi connectivity index (χ2n) is 5.74. The first kappa shape index (κ1) is 16.8. The van der Waals surface area contributed by atoms with Crippen LogP contribution in [0.15, 0.2) is 42.9 Å². The minimum atomic E-state index is 0.522. The molecular formula is C19H21N5O. The SMILES string of the molecule is CCc1nc(NCc2cccnc2Oc2ccc(C)nc2)ncc1C. The summed E-state index contributed by atoms with van der Waals surface area (Å²) < 4.78 is 5.86. The number of rotatable bonds is 6. The van der Waals surface area contributed by atoms with Gasteiger partial charge in [-0.25, -0.2) is 15.0 Å². The molecule has 0 saturated carbocycles. The van der Waals surface area contributed by atoms with Crippen molar-refractivity contribution in [2.45, 2.75) is 33.7 Å². The average molecular weight is 335 g/mol. The molecule has 0 aliphatic carbocycles. The minimum absolute atomic E-state index is 0.522. The van der Waals surface area contributed by atoms with Gasteiger partial charge in [-0.3, -0.25) is 4.98 Å². The van der Waals surface area contributed by atoms with Gasteiger partial charge in [-0.05, 0) is 44.0 Å². The van der Waals surface area contributed by atoms with Crippen molar-refractivity contribution in [3.8, 4) is 11.6 Å². The zero-order valence-electron chi connectivity index (χ0n) is 14.7. The third-order valence-corrected chi connectivity index (χ3v) is 3.80. The molecule has 0 radical (unpaired) electrons. The van der Waals surface area contributed by atoms with Crippen LogP contribution in [0.5, 0.6) is 11.6 Å². The molecule has 0 fully saturated rings. The maximum absolute atomic E-state index is 5.86. The summed E-state index contributed by atoms with van der Waals surface area (Å²) in [5, 5.41) is 3.24. The smallest absolute Gasteiger partial charge is 0.224 e. The topological polar surface area (TPSA) is 72.8 Å². The molecule has 25 heavy (non-hydrogen) atoms. The second kappa shape index (κ2) is 7.70. The molecule has 0 saturated heterocycles. The van der Waals surface area contributed by atoms with E-state index in [9.17, 15) is 0 Å². The predicted molar refractivity (Wildman–Crippen MR) is 96.8 cm³/mol. The van der Waals surface area contributed by atoms with E-state index in [1.54, 1.807) is 12.4 Å². The molecule has 3 rings (SSSR count). The first-order chi connectivity index (χ1) is 12.2. The lowest BCUT2D eigenvalue weighted by atomic mass is 10.2. The fraction of sp³-hybridized carbons (Fsp3) is 0.263. The molecule has 1 N–H and O–H groups in total. The highest BCUT2D eigenvalue weighted by molar-refractivity contribution is 5.36. The third kappa shape index (κ3) is 4.29. The molecule has 6 nitrogen and oxygen atoms in total. The van der Waals surface area contributed by atoms with E-state index in [2.05, 4.69) is 32.2 Å². The Morgan fingerprint density at radius 3 is 2.68 bits per heavy atom. The summed E-state index contributed by atoms with van der Waals surface area (Å²) in [6.45, 7) is 6.56. The largest absolute Gasteiger partial charge is 0.437 e. The average Bonchev–Trinajstić information content (AvgIpc) is 2.64. The maximum Gasteiger partial charge on any atom is 0.224 e. The lowest BCUT2D eigenvalue weighted by Crippen LogP contribution is -2.07. The van der Waals surface area contributed by atoms with Crippen molar-refractivity contribution in [1.82, 2.24) is 19.9 Å². The minimum Gasteiger partial charge on any atom is -0.437 e. The van der Waals surface area contributed by atoms with Gasteiger partial charge in [0.2, 0.25) is 11.8 Å². The first-order valence-corrected chi connectivity index (χ1v) is 8.26. The first-order valence-electron chi connectivity index (χ1n) is 8.26. The van der Waals surface area contributed by atoms with Crippen molar-refractivity contribution in [3.05, 3.63) is 65.4 Å². The van der Waals surface area contributed by atoms with Crippen molar-refractivity contribution in [2.24, 2.45) is 0 Å². The standard InChI is InChI=1S/C19H21N5O/c1-4-17-13(2)10-22-19(24-17)23-11-15-6-5-9-20-18(15)25-16-8-7-14(3)21-12-16/h5-10,12H,4,11H2,1-3H3,(H,22,23,24). The van der Waals surface area contributed by atoms with Gasteiger partial charge in [0.15, 0.2) is 0 Å². The number of hydrogen-bond acceptors (Lipinski definition) is 6. The van der Waals surface area contributed by atoms with Gasteiger partial charge < -0.3 is 10.1 Å². The van der Waals surface area contributed by atoms with Crippen LogP contribution in [0.25, 0.3) is 0 Å². The van der Waals surface area contributed by atoms with Gasteiger partial charge in [-0.15, -0.1) is 0 Å². The number of nitrogens with zero attached hydrogens (tertiary/aromatic N) is 4. The van der Waals surface area contributed by atoms with E-state index in [-0.39, 0.29) is 0 Å². The number of aromatic nitrogens is 4. The number of anilines is 1. The molecule has 0 bridgehead atoms. The molecule has 128 valence electrons. The highest BCUT2D eigenvalue weighted by Crippen LogP contribution is 2.23. The van der Waals surface area contributed by atoms with Gasteiger partial charge in [-0.2, -0.15) is 0 Å². The summed E-state index contributed by atoms with van der Waals surface area (Å²) in [4.78, 5) is 17.4. The van der Waals surface area contributed by atoms with Gasteiger partial charge in [0.25, 0.3) is 0 Å². The van der Waals surface area contributed by atoms with Gasteiger partial charge in [0.1, 0.15) is 5.75 Å². The molecule has 0 atom stereocenters. The third-order valence-electron chi connectivity index (χ3n) is 3.80. The van der Waals surface area contributed by atoms with Crippen LogP contribution in [0.3, 0.4) is 0 Å². The Labute approximate surface area is 147 Å². The monoisotopic (exact) mass is 335 g/mol. The predicted octanol–water partition coefficient (Wildman–Crippen LogP) is 3.85. The van der Waals surface area contributed by atoms with Crippen LogP contribution >= 0.6 is 0 Å². The normalized spacial score (nSPS) is 10.5. The van der Waals surface area contributed by atoms with E-state index in [0.29, 0.717) is 24.1 Å². The fourth-order valence-electron chi connectivity index (χ4n) is 2.37. The Morgan fingerprint density at radius 1 is 1.04 bits per heavy atom. The van der Waals surface area contributed by atoms with Gasteiger partial charge in [-0.1, -0.05) is 13.0 Å². The number of nitrogens with one attached hydrogen (secondary N) is 1. The van der Waals surface area contributed by atoms with Crippen molar-refractivity contribution in [2.75, 3.05) is 5.32 Å². The van der Waals surface area contributed by atoms with Gasteiger partial charge in [0.05, 0.1) is 6.20 Å². The molecule has 3 aromatic rings. The highest BCUT2D eigenvalue weighted by Gasteiger charge is 2.08. The molecule has 3 aromatic heterocycles. The Hall–Kier alpha value is -3.02. The Kier molecular flexibility index (Phi) is 5.18. The fourth-order valence-corrected chi connectivity index (χ4v) is 2.37. The molecule has 0 aliphatic heterocycles. The summed E-state index contributed by atoms with van der Waals surface area (Å²) in [5.41, 5.74) is 4.01. The van der Waals surface area contributed by atoms with Crippen LogP contribution < -0.4 is 10.1 Å². The summed E-state index contributed by atoms with van der Waals surface area (Å²) in [7, 11) is 0. The van der Waals surface area contributed by atoms with E-state index < -0.39 is 0 Å². The summed E-state index contributed by atoms with van der Waals surface area (Å²) in [6, 6.07) is 7.63. The lowest BCUT2D eigenvalue weighted by Gasteiger charge is -2.11. The molecule has 3 heterocycles. The van der Waals surface area contributed by atoms with Crippen LogP contribution in [0.1, 0.15) is 29.4 Å². The van der Waals surface area contributed by atoms with E-state index in [1.165, 1.54) is 0 Å². The molecule has 0 aliphatic rings. The van der Waals surface area contributed by atoms with Gasteiger partial charge >= 0.3 is 0 Å². The van der Waals surface area contributed by atoms with E-state index >= 15 is 0 Å². The molecule has 0 spiro atoms. The highest BCUT2D eigenvalue weighted by atomic mass is 16.5. The summed E-state index contributed by atoms with van der Waals surface area (Å²) in [5.74, 6) is 1.81. The number of hydrogen-bond donors (Lipinski definition) is 1. The molecular weight excluding hydrogens is 314 g/mol. The zero-order valence-corrected chi connectivity index (χ0v) is 14.7. The van der Waals surface area contributed by atoms with E-state index in [4.69, 9.17) is 4.74 Å². The van der Waals surface area contributed by atoms with Crippen molar-refractivity contribution >= 4 is 5.95 Å². The number of aryl methyl sites for hydroxylation is 3. The summed E-state index contributed by atoms with van der Waals surface area (Å²) in [6.07, 6.45) is 6.12. The van der Waals surface area contributed by atoms with Crippen LogP contribution in [0, 0.1) is 13.8 Å². The van der Waals surface area contributed by atoms with Crippen LogP contribution in [0.2, 0.25) is 0 Å². The Bertz CT molecular complexity index is 849. The second-order valence-corrected chi connectivity index (χ2v) is 5.74. The number of ether oxygens (including phenoxy) is 1. The number of pyridine rings is 2. The molecule has 0 unspecified atom stereocenters. The van der Waals surface area contributed by atoms with Crippen LogP contribution in [0.4, 0.5) is 5.95 Å². The molecule has 0 amide bonds.